The normalized spacial score (nSPS) is 20.7. The predicted molar refractivity (Wildman–Crippen MR) is 104 cm³/mol. The maximum Gasteiger partial charge on any atom is 0.337 e. The molecule has 1 aliphatic heterocycles. The molecular weight excluding hydrogens is 366 g/mol. The van der Waals surface area contributed by atoms with Crippen molar-refractivity contribution in [1.82, 2.24) is 9.97 Å². The number of carboxylic acid groups (broad SMARTS) is 1. The Balaban J connectivity index is 1.59. The Labute approximate surface area is 160 Å². The number of nitrogens with zero attached hydrogens (tertiary/aromatic N) is 2. The van der Waals surface area contributed by atoms with Crippen LogP contribution in [0.3, 0.4) is 0 Å². The maximum absolute atomic E-state index is 11.5. The van der Waals surface area contributed by atoms with E-state index < -0.39 is 5.97 Å². The smallest absolute Gasteiger partial charge is 0.337 e. The standard InChI is InChI=1S/C20H18ClN3O3/c1-27-19-12(2-3-18(23-19)24-8-10-4-11(10)9-24)13-5-14-15(20(25)26)7-22-17(14)6-16(13)21/h2-3,5-7,10-11,22H,4,8-9H2,1H3,(H,25,26)/t10-,11+. The van der Waals surface area contributed by atoms with E-state index in [2.05, 4.69) is 9.88 Å². The third kappa shape index (κ3) is 2.63. The van der Waals surface area contributed by atoms with Gasteiger partial charge in [-0.3, -0.25) is 0 Å². The van der Waals surface area contributed by atoms with Gasteiger partial charge in [0.15, 0.2) is 0 Å². The third-order valence-electron chi connectivity index (χ3n) is 5.63. The number of fused-ring (bicyclic) bond motifs is 2. The Morgan fingerprint density at radius 1 is 1.30 bits per heavy atom. The summed E-state index contributed by atoms with van der Waals surface area (Å²) in [5, 5.41) is 10.5. The number of pyridine rings is 1. The molecule has 1 saturated carbocycles. The molecule has 27 heavy (non-hydrogen) atoms. The van der Waals surface area contributed by atoms with E-state index in [0.717, 1.165) is 36.3 Å². The van der Waals surface area contributed by atoms with Gasteiger partial charge in [-0.25, -0.2) is 4.79 Å². The molecule has 0 bridgehead atoms. The molecule has 2 N–H and O–H groups in total. The number of aromatic nitrogens is 2. The summed E-state index contributed by atoms with van der Waals surface area (Å²) in [6.45, 7) is 2.11. The van der Waals surface area contributed by atoms with Crippen LogP contribution in [0.4, 0.5) is 5.82 Å². The minimum absolute atomic E-state index is 0.211. The van der Waals surface area contributed by atoms with E-state index in [9.17, 15) is 9.90 Å². The van der Waals surface area contributed by atoms with Gasteiger partial charge < -0.3 is 19.7 Å². The molecular formula is C20H18ClN3O3. The van der Waals surface area contributed by atoms with Crippen LogP contribution in [0, 0.1) is 11.8 Å². The summed E-state index contributed by atoms with van der Waals surface area (Å²) >= 11 is 6.49. The van der Waals surface area contributed by atoms with E-state index in [-0.39, 0.29) is 5.56 Å². The van der Waals surface area contributed by atoms with E-state index in [1.807, 2.05) is 12.1 Å². The fourth-order valence-electron chi connectivity index (χ4n) is 4.08. The van der Waals surface area contributed by atoms with Gasteiger partial charge in [-0.05, 0) is 42.5 Å². The number of aromatic amines is 1. The van der Waals surface area contributed by atoms with Gasteiger partial charge in [-0.15, -0.1) is 0 Å². The molecule has 2 fully saturated rings. The summed E-state index contributed by atoms with van der Waals surface area (Å²) in [5.41, 5.74) is 2.34. The third-order valence-corrected chi connectivity index (χ3v) is 5.94. The lowest BCUT2D eigenvalue weighted by atomic mass is 10.0. The van der Waals surface area contributed by atoms with Gasteiger partial charge in [0, 0.05) is 41.3 Å². The lowest BCUT2D eigenvalue weighted by molar-refractivity contribution is 0.0699. The highest BCUT2D eigenvalue weighted by atomic mass is 35.5. The van der Waals surface area contributed by atoms with Gasteiger partial charge in [0.1, 0.15) is 5.82 Å². The van der Waals surface area contributed by atoms with E-state index in [1.54, 1.807) is 19.2 Å². The Hall–Kier alpha value is -2.73. The second-order valence-corrected chi connectivity index (χ2v) is 7.68. The monoisotopic (exact) mass is 383 g/mol. The van der Waals surface area contributed by atoms with Crippen LogP contribution in [0.2, 0.25) is 5.02 Å². The van der Waals surface area contributed by atoms with Crippen LogP contribution in [0.5, 0.6) is 5.88 Å². The number of anilines is 1. The largest absolute Gasteiger partial charge is 0.480 e. The van der Waals surface area contributed by atoms with Gasteiger partial charge in [0.05, 0.1) is 17.7 Å². The van der Waals surface area contributed by atoms with Crippen LogP contribution in [0.25, 0.3) is 22.0 Å². The summed E-state index contributed by atoms with van der Waals surface area (Å²) in [5.74, 6) is 2.05. The molecule has 3 heterocycles. The quantitative estimate of drug-likeness (QED) is 0.710. The summed E-state index contributed by atoms with van der Waals surface area (Å²) < 4.78 is 5.54. The fraction of sp³-hybridized carbons (Fsp3) is 0.300. The first-order chi connectivity index (χ1) is 13.0. The Morgan fingerprint density at radius 2 is 2.07 bits per heavy atom. The van der Waals surface area contributed by atoms with Gasteiger partial charge in [0.2, 0.25) is 5.88 Å². The number of piperidine rings is 1. The Bertz CT molecular complexity index is 1070. The summed E-state index contributed by atoms with van der Waals surface area (Å²) in [4.78, 5) is 21.4. The predicted octanol–water partition coefficient (Wildman–Crippen LogP) is 4.05. The maximum atomic E-state index is 11.5. The zero-order chi connectivity index (χ0) is 18.7. The highest BCUT2D eigenvalue weighted by molar-refractivity contribution is 6.34. The lowest BCUT2D eigenvalue weighted by Gasteiger charge is -2.20. The number of ether oxygens (including phenoxy) is 1. The van der Waals surface area contributed by atoms with Gasteiger partial charge in [-0.1, -0.05) is 11.6 Å². The SMILES string of the molecule is COc1nc(N2C[C@H]3C[C@H]3C2)ccc1-c1cc2c(C(=O)O)c[nH]c2cc1Cl. The van der Waals surface area contributed by atoms with Crippen molar-refractivity contribution in [1.29, 1.82) is 0 Å². The van der Waals surface area contributed by atoms with E-state index >= 15 is 0 Å². The number of H-pyrrole nitrogens is 1. The van der Waals surface area contributed by atoms with Gasteiger partial charge in [0.25, 0.3) is 0 Å². The topological polar surface area (TPSA) is 78.4 Å². The van der Waals surface area contributed by atoms with Crippen molar-refractivity contribution in [3.63, 3.8) is 0 Å². The summed E-state index contributed by atoms with van der Waals surface area (Å²) in [7, 11) is 1.59. The zero-order valence-electron chi connectivity index (χ0n) is 14.7. The van der Waals surface area contributed by atoms with Crippen molar-refractivity contribution in [3.05, 3.63) is 41.0 Å². The number of aromatic carboxylic acids is 1. The molecule has 0 radical (unpaired) electrons. The Morgan fingerprint density at radius 3 is 2.78 bits per heavy atom. The highest BCUT2D eigenvalue weighted by Gasteiger charge is 2.45. The summed E-state index contributed by atoms with van der Waals surface area (Å²) in [6, 6.07) is 7.45. The van der Waals surface area contributed by atoms with Crippen LogP contribution in [-0.4, -0.2) is 41.2 Å². The number of carboxylic acids is 1. The molecule has 0 unspecified atom stereocenters. The van der Waals surface area contributed by atoms with Gasteiger partial charge >= 0.3 is 5.97 Å². The molecule has 0 amide bonds. The van der Waals surface area contributed by atoms with Crippen molar-refractivity contribution in [2.45, 2.75) is 6.42 Å². The first kappa shape index (κ1) is 16.4. The minimum Gasteiger partial charge on any atom is -0.480 e. The highest BCUT2D eigenvalue weighted by Crippen LogP contribution is 2.46. The average molecular weight is 384 g/mol. The number of carbonyl (C=O) groups is 1. The minimum atomic E-state index is -0.984. The first-order valence-corrected chi connectivity index (χ1v) is 9.27. The second kappa shape index (κ2) is 5.89. The van der Waals surface area contributed by atoms with Crippen molar-refractivity contribution in [2.75, 3.05) is 25.1 Å². The van der Waals surface area contributed by atoms with Crippen molar-refractivity contribution in [2.24, 2.45) is 11.8 Å². The van der Waals surface area contributed by atoms with Crippen molar-refractivity contribution >= 4 is 34.3 Å². The fourth-order valence-corrected chi connectivity index (χ4v) is 4.34. The second-order valence-electron chi connectivity index (χ2n) is 7.27. The molecule has 2 atom stereocenters. The zero-order valence-corrected chi connectivity index (χ0v) is 15.5. The molecule has 7 heteroatoms. The average Bonchev–Trinajstić information content (AvgIpc) is 3.07. The van der Waals surface area contributed by atoms with E-state index in [4.69, 9.17) is 21.3 Å². The molecule has 1 aliphatic carbocycles. The number of hydrogen-bond donors (Lipinski definition) is 2. The molecule has 5 rings (SSSR count). The number of methoxy groups -OCH3 is 1. The number of halogens is 1. The van der Waals surface area contributed by atoms with Crippen LogP contribution in [-0.2, 0) is 0 Å². The van der Waals surface area contributed by atoms with E-state index in [1.165, 1.54) is 12.6 Å². The number of benzene rings is 1. The molecule has 2 aliphatic rings. The van der Waals surface area contributed by atoms with Crippen LogP contribution >= 0.6 is 11.6 Å². The molecule has 1 saturated heterocycles. The molecule has 138 valence electrons. The van der Waals surface area contributed by atoms with Crippen molar-refractivity contribution in [3.8, 4) is 17.0 Å². The number of nitrogens with one attached hydrogen (secondary N) is 1. The van der Waals surface area contributed by atoms with Crippen LogP contribution in [0.1, 0.15) is 16.8 Å². The molecule has 3 aromatic rings. The van der Waals surface area contributed by atoms with E-state index in [0.29, 0.717) is 27.4 Å². The molecule has 6 nitrogen and oxygen atoms in total. The molecule has 0 spiro atoms. The van der Waals surface area contributed by atoms with Crippen molar-refractivity contribution < 1.29 is 14.6 Å². The lowest BCUT2D eigenvalue weighted by Crippen LogP contribution is -2.22. The van der Waals surface area contributed by atoms with Crippen LogP contribution in [0.15, 0.2) is 30.5 Å². The van der Waals surface area contributed by atoms with Gasteiger partial charge in [-0.2, -0.15) is 4.98 Å². The molecule has 1 aromatic carbocycles. The Kier molecular flexibility index (Phi) is 3.59. The summed E-state index contributed by atoms with van der Waals surface area (Å²) in [6.07, 6.45) is 2.81. The first-order valence-electron chi connectivity index (χ1n) is 8.89. The number of hydrogen-bond acceptors (Lipinski definition) is 4. The number of rotatable bonds is 4. The van der Waals surface area contributed by atoms with Crippen LogP contribution < -0.4 is 9.64 Å². The molecule has 2 aromatic heterocycles.